The lowest BCUT2D eigenvalue weighted by Crippen LogP contribution is -2.25. The van der Waals surface area contributed by atoms with Gasteiger partial charge in [-0.25, -0.2) is 0 Å². The van der Waals surface area contributed by atoms with Crippen molar-refractivity contribution in [1.29, 1.82) is 0 Å². The number of nitrogen functional groups attached to an aromatic ring is 1. The minimum Gasteiger partial charge on any atom is -0.493 e. The van der Waals surface area contributed by atoms with Crippen molar-refractivity contribution in [1.82, 2.24) is 4.90 Å². The molecule has 0 aliphatic rings. The van der Waals surface area contributed by atoms with Gasteiger partial charge in [0.05, 0.1) is 19.4 Å². The molecule has 0 atom stereocenters. The maximum atomic E-state index is 5.71. The molecule has 0 saturated heterocycles. The molecule has 0 unspecified atom stereocenters. The van der Waals surface area contributed by atoms with Crippen molar-refractivity contribution in [2.45, 2.75) is 19.9 Å². The molecule has 1 aromatic heterocycles. The van der Waals surface area contributed by atoms with Crippen molar-refractivity contribution < 1.29 is 9.15 Å². The van der Waals surface area contributed by atoms with Gasteiger partial charge in [0, 0.05) is 18.3 Å². The summed E-state index contributed by atoms with van der Waals surface area (Å²) in [4.78, 5) is 2.33. The number of hydrogen-bond acceptors (Lipinski definition) is 4. The van der Waals surface area contributed by atoms with Gasteiger partial charge in [-0.05, 0) is 37.2 Å². The molecule has 4 nitrogen and oxygen atoms in total. The molecule has 0 amide bonds. The van der Waals surface area contributed by atoms with Crippen LogP contribution in [0.3, 0.4) is 0 Å². The second kappa shape index (κ2) is 7.60. The summed E-state index contributed by atoms with van der Waals surface area (Å²) in [7, 11) is 0. The molecule has 4 heteroatoms. The van der Waals surface area contributed by atoms with Crippen LogP contribution in [0.15, 0.2) is 47.1 Å². The highest BCUT2D eigenvalue weighted by atomic mass is 16.5. The van der Waals surface area contributed by atoms with Crippen LogP contribution in [0.4, 0.5) is 5.69 Å². The second-order valence-corrected chi connectivity index (χ2v) is 4.72. The number of nitrogens with zero attached hydrogens (tertiary/aromatic N) is 1. The first-order valence-corrected chi connectivity index (χ1v) is 7.01. The van der Waals surface area contributed by atoms with Crippen LogP contribution < -0.4 is 10.5 Å². The fourth-order valence-corrected chi connectivity index (χ4v) is 2.05. The fraction of sp³-hybridized carbons (Fsp3) is 0.375. The molecule has 2 N–H and O–H groups in total. The molecule has 0 bridgehead atoms. The first kappa shape index (κ1) is 14.5. The van der Waals surface area contributed by atoms with Crippen molar-refractivity contribution in [2.75, 3.05) is 25.4 Å². The highest BCUT2D eigenvalue weighted by molar-refractivity contribution is 5.43. The number of benzene rings is 1. The van der Waals surface area contributed by atoms with Gasteiger partial charge >= 0.3 is 0 Å². The second-order valence-electron chi connectivity index (χ2n) is 4.72. The average Bonchev–Trinajstić information content (AvgIpc) is 2.95. The summed E-state index contributed by atoms with van der Waals surface area (Å²) in [5, 5.41) is 0. The van der Waals surface area contributed by atoms with Gasteiger partial charge in [-0.3, -0.25) is 4.90 Å². The van der Waals surface area contributed by atoms with Gasteiger partial charge in [0.1, 0.15) is 11.5 Å². The number of rotatable bonds is 8. The van der Waals surface area contributed by atoms with Crippen LogP contribution in [0.5, 0.6) is 5.75 Å². The van der Waals surface area contributed by atoms with Crippen molar-refractivity contribution in [3.05, 3.63) is 48.4 Å². The molecule has 0 spiro atoms. The summed E-state index contributed by atoms with van der Waals surface area (Å²) in [6.45, 7) is 5.68. The Kier molecular flexibility index (Phi) is 5.50. The summed E-state index contributed by atoms with van der Waals surface area (Å²) in [6, 6.07) is 11.5. The third-order valence-corrected chi connectivity index (χ3v) is 3.15. The maximum Gasteiger partial charge on any atom is 0.121 e. The van der Waals surface area contributed by atoms with Crippen molar-refractivity contribution in [3.8, 4) is 5.75 Å². The average molecular weight is 274 g/mol. The summed E-state index contributed by atoms with van der Waals surface area (Å²) < 4.78 is 11.1. The molecule has 0 aliphatic heterocycles. The predicted octanol–water partition coefficient (Wildman–Crippen LogP) is 3.15. The van der Waals surface area contributed by atoms with Crippen LogP contribution >= 0.6 is 0 Å². The Morgan fingerprint density at radius 3 is 2.85 bits per heavy atom. The van der Waals surface area contributed by atoms with E-state index in [0.29, 0.717) is 6.61 Å². The topological polar surface area (TPSA) is 51.6 Å². The van der Waals surface area contributed by atoms with E-state index in [1.165, 1.54) is 0 Å². The highest BCUT2D eigenvalue weighted by Crippen LogP contribution is 2.14. The molecule has 2 aromatic rings. The number of anilines is 1. The first-order chi connectivity index (χ1) is 9.78. The molecule has 1 aromatic carbocycles. The van der Waals surface area contributed by atoms with Crippen LogP contribution in [-0.4, -0.2) is 24.6 Å². The zero-order chi connectivity index (χ0) is 14.2. The Balaban J connectivity index is 1.69. The molecule has 0 saturated carbocycles. The van der Waals surface area contributed by atoms with Gasteiger partial charge in [-0.2, -0.15) is 0 Å². The largest absolute Gasteiger partial charge is 0.493 e. The third kappa shape index (κ3) is 4.63. The Morgan fingerprint density at radius 2 is 2.15 bits per heavy atom. The van der Waals surface area contributed by atoms with Crippen LogP contribution in [0.2, 0.25) is 0 Å². The Bertz CT molecular complexity index is 497. The van der Waals surface area contributed by atoms with E-state index in [2.05, 4.69) is 11.8 Å². The van der Waals surface area contributed by atoms with Crippen LogP contribution in [-0.2, 0) is 6.54 Å². The van der Waals surface area contributed by atoms with Crippen LogP contribution in [0.1, 0.15) is 19.1 Å². The minimum absolute atomic E-state index is 0.693. The number of hydrogen-bond donors (Lipinski definition) is 1. The first-order valence-electron chi connectivity index (χ1n) is 7.01. The molecule has 108 valence electrons. The lowest BCUT2D eigenvalue weighted by Gasteiger charge is -2.19. The van der Waals surface area contributed by atoms with Crippen molar-refractivity contribution >= 4 is 5.69 Å². The Morgan fingerprint density at radius 1 is 1.25 bits per heavy atom. The van der Waals surface area contributed by atoms with E-state index in [0.717, 1.165) is 43.3 Å². The van der Waals surface area contributed by atoms with Crippen molar-refractivity contribution in [3.63, 3.8) is 0 Å². The Labute approximate surface area is 120 Å². The number of nitrogens with two attached hydrogens (primary N) is 1. The van der Waals surface area contributed by atoms with E-state index in [1.54, 1.807) is 6.26 Å². The summed E-state index contributed by atoms with van der Waals surface area (Å²) in [5.41, 5.74) is 6.44. The summed E-state index contributed by atoms with van der Waals surface area (Å²) in [5.74, 6) is 1.84. The molecule has 0 aliphatic carbocycles. The minimum atomic E-state index is 0.693. The molecular weight excluding hydrogens is 252 g/mol. The standard InChI is InChI=1S/C16H22N2O2/c1-2-18(13-16-8-4-10-20-16)9-5-11-19-15-7-3-6-14(17)12-15/h3-4,6-8,10,12H,2,5,9,11,13,17H2,1H3. The Hall–Kier alpha value is -1.94. The zero-order valence-corrected chi connectivity index (χ0v) is 11.9. The van der Waals surface area contributed by atoms with E-state index in [4.69, 9.17) is 14.9 Å². The van der Waals surface area contributed by atoms with Gasteiger partial charge < -0.3 is 14.9 Å². The van der Waals surface area contributed by atoms with Gasteiger partial charge in [-0.15, -0.1) is 0 Å². The number of furan rings is 1. The molecule has 20 heavy (non-hydrogen) atoms. The van der Waals surface area contributed by atoms with E-state index in [1.807, 2.05) is 36.4 Å². The van der Waals surface area contributed by atoms with E-state index in [-0.39, 0.29) is 0 Å². The normalized spacial score (nSPS) is 10.9. The number of ether oxygens (including phenoxy) is 1. The van der Waals surface area contributed by atoms with Gasteiger partial charge in [0.15, 0.2) is 0 Å². The summed E-state index contributed by atoms with van der Waals surface area (Å²) >= 11 is 0. The zero-order valence-electron chi connectivity index (χ0n) is 11.9. The molecule has 1 heterocycles. The predicted molar refractivity (Wildman–Crippen MR) is 80.6 cm³/mol. The molecular formula is C16H22N2O2. The molecule has 0 radical (unpaired) electrons. The maximum absolute atomic E-state index is 5.71. The van der Waals surface area contributed by atoms with Gasteiger partial charge in [-0.1, -0.05) is 13.0 Å². The van der Waals surface area contributed by atoms with Crippen LogP contribution in [0, 0.1) is 0 Å². The summed E-state index contributed by atoms with van der Waals surface area (Å²) in [6.07, 6.45) is 2.69. The van der Waals surface area contributed by atoms with E-state index >= 15 is 0 Å². The fourth-order valence-electron chi connectivity index (χ4n) is 2.05. The lowest BCUT2D eigenvalue weighted by molar-refractivity contribution is 0.223. The molecule has 2 rings (SSSR count). The monoisotopic (exact) mass is 274 g/mol. The lowest BCUT2D eigenvalue weighted by atomic mass is 10.3. The van der Waals surface area contributed by atoms with E-state index < -0.39 is 0 Å². The van der Waals surface area contributed by atoms with Gasteiger partial charge in [0.25, 0.3) is 0 Å². The molecule has 0 fully saturated rings. The SMILES string of the molecule is CCN(CCCOc1cccc(N)c1)Cc1ccco1. The van der Waals surface area contributed by atoms with Crippen LogP contribution in [0.25, 0.3) is 0 Å². The van der Waals surface area contributed by atoms with Gasteiger partial charge in [0.2, 0.25) is 0 Å². The van der Waals surface area contributed by atoms with E-state index in [9.17, 15) is 0 Å². The smallest absolute Gasteiger partial charge is 0.121 e. The third-order valence-electron chi connectivity index (χ3n) is 3.15. The quantitative estimate of drug-likeness (QED) is 0.593. The van der Waals surface area contributed by atoms with Crippen molar-refractivity contribution in [2.24, 2.45) is 0 Å². The highest BCUT2D eigenvalue weighted by Gasteiger charge is 2.05.